The fourth-order valence-corrected chi connectivity index (χ4v) is 2.40. The zero-order chi connectivity index (χ0) is 13.2. The number of aromatic nitrogens is 2. The lowest BCUT2D eigenvalue weighted by Crippen LogP contribution is -2.45. The lowest BCUT2D eigenvalue weighted by Gasteiger charge is -2.32. The highest BCUT2D eigenvalue weighted by molar-refractivity contribution is 5.89. The molecule has 3 rings (SSSR count). The minimum Gasteiger partial charge on any atom is -0.372 e. The van der Waals surface area contributed by atoms with Crippen LogP contribution in [-0.2, 0) is 0 Å². The van der Waals surface area contributed by atoms with Crippen LogP contribution in [-0.4, -0.2) is 55.1 Å². The van der Waals surface area contributed by atoms with Crippen LogP contribution in [0, 0.1) is 0 Å². The summed E-state index contributed by atoms with van der Waals surface area (Å²) in [6.07, 6.45) is 0. The Morgan fingerprint density at radius 3 is 2.53 bits per heavy atom. The van der Waals surface area contributed by atoms with Gasteiger partial charge in [-0.05, 0) is 19.2 Å². The van der Waals surface area contributed by atoms with Gasteiger partial charge in [-0.25, -0.2) is 4.98 Å². The highest BCUT2D eigenvalue weighted by Crippen LogP contribution is 2.23. The first-order valence-electron chi connectivity index (χ1n) is 6.66. The van der Waals surface area contributed by atoms with E-state index in [1.807, 2.05) is 25.2 Å². The number of hydrogen-bond acceptors (Lipinski definition) is 5. The minimum absolute atomic E-state index is 0.830. The van der Waals surface area contributed by atoms with Crippen molar-refractivity contribution in [1.29, 1.82) is 0 Å². The average Bonchev–Trinajstić information content (AvgIpc) is 2.47. The van der Waals surface area contributed by atoms with Gasteiger partial charge < -0.3 is 15.1 Å². The van der Waals surface area contributed by atoms with E-state index in [0.29, 0.717) is 0 Å². The highest BCUT2D eigenvalue weighted by Gasteiger charge is 2.17. The molecule has 1 aromatic carbocycles. The van der Waals surface area contributed by atoms with Crippen LogP contribution in [0.4, 0.5) is 11.8 Å². The summed E-state index contributed by atoms with van der Waals surface area (Å²) in [5.74, 6) is 1.73. The largest absolute Gasteiger partial charge is 0.372 e. The van der Waals surface area contributed by atoms with E-state index in [4.69, 9.17) is 0 Å². The van der Waals surface area contributed by atoms with Crippen molar-refractivity contribution in [3.05, 3.63) is 24.3 Å². The van der Waals surface area contributed by atoms with E-state index in [-0.39, 0.29) is 0 Å². The molecule has 0 atom stereocenters. The third kappa shape index (κ3) is 2.33. The molecule has 2 aromatic rings. The maximum absolute atomic E-state index is 4.69. The topological polar surface area (TPSA) is 44.3 Å². The molecule has 0 saturated carbocycles. The number of rotatable bonds is 2. The summed E-state index contributed by atoms with van der Waals surface area (Å²) < 4.78 is 0. The van der Waals surface area contributed by atoms with Gasteiger partial charge >= 0.3 is 0 Å². The molecule has 0 spiro atoms. The van der Waals surface area contributed by atoms with Gasteiger partial charge in [0.05, 0.1) is 5.52 Å². The van der Waals surface area contributed by atoms with Crippen molar-refractivity contribution in [2.45, 2.75) is 0 Å². The quantitative estimate of drug-likeness (QED) is 0.881. The number of nitrogens with zero attached hydrogens (tertiary/aromatic N) is 4. The molecular weight excluding hydrogens is 238 g/mol. The smallest absolute Gasteiger partial charge is 0.227 e. The fraction of sp³-hybridized carbons (Fsp3) is 0.429. The number of para-hydroxylation sites is 1. The minimum atomic E-state index is 0.830. The second-order valence-electron chi connectivity index (χ2n) is 4.93. The Morgan fingerprint density at radius 2 is 1.79 bits per heavy atom. The first-order valence-corrected chi connectivity index (χ1v) is 6.66. The summed E-state index contributed by atoms with van der Waals surface area (Å²) >= 11 is 0. The molecule has 1 aromatic heterocycles. The Balaban J connectivity index is 2.00. The number of piperazine rings is 1. The van der Waals surface area contributed by atoms with Crippen molar-refractivity contribution >= 4 is 22.7 Å². The van der Waals surface area contributed by atoms with Crippen LogP contribution in [0.25, 0.3) is 10.9 Å². The van der Waals surface area contributed by atoms with E-state index in [0.717, 1.165) is 48.8 Å². The Labute approximate surface area is 113 Å². The number of hydrogen-bond donors (Lipinski definition) is 1. The van der Waals surface area contributed by atoms with E-state index in [2.05, 4.69) is 38.2 Å². The van der Waals surface area contributed by atoms with Gasteiger partial charge in [0.15, 0.2) is 0 Å². The molecule has 1 aliphatic rings. The highest BCUT2D eigenvalue weighted by atomic mass is 15.3. The monoisotopic (exact) mass is 257 g/mol. The summed E-state index contributed by atoms with van der Waals surface area (Å²) in [5, 5.41) is 4.24. The Morgan fingerprint density at radius 1 is 1.05 bits per heavy atom. The lowest BCUT2D eigenvalue weighted by atomic mass is 10.2. The number of fused-ring (bicyclic) bond motifs is 1. The maximum Gasteiger partial charge on any atom is 0.227 e. The zero-order valence-corrected chi connectivity index (χ0v) is 11.4. The summed E-state index contributed by atoms with van der Waals surface area (Å²) in [6.45, 7) is 4.09. The van der Waals surface area contributed by atoms with Crippen molar-refractivity contribution in [1.82, 2.24) is 14.9 Å². The van der Waals surface area contributed by atoms with Gasteiger partial charge in [0, 0.05) is 38.6 Å². The summed E-state index contributed by atoms with van der Waals surface area (Å²) in [4.78, 5) is 13.9. The van der Waals surface area contributed by atoms with E-state index >= 15 is 0 Å². The molecule has 0 aliphatic carbocycles. The van der Waals surface area contributed by atoms with Gasteiger partial charge in [-0.1, -0.05) is 12.1 Å². The zero-order valence-electron chi connectivity index (χ0n) is 11.4. The molecule has 1 saturated heterocycles. The van der Waals surface area contributed by atoms with Crippen LogP contribution in [0.2, 0.25) is 0 Å². The molecule has 0 amide bonds. The van der Waals surface area contributed by atoms with E-state index < -0.39 is 0 Å². The molecule has 2 heterocycles. The molecular formula is C14H19N5. The molecule has 1 aliphatic heterocycles. The van der Waals surface area contributed by atoms with Crippen molar-refractivity contribution in [3.8, 4) is 0 Å². The molecule has 1 fully saturated rings. The predicted octanol–water partition coefficient (Wildman–Crippen LogP) is 1.42. The van der Waals surface area contributed by atoms with Gasteiger partial charge in [-0.3, -0.25) is 0 Å². The van der Waals surface area contributed by atoms with Crippen LogP contribution in [0.5, 0.6) is 0 Å². The van der Waals surface area contributed by atoms with Crippen molar-refractivity contribution in [2.75, 3.05) is 50.5 Å². The van der Waals surface area contributed by atoms with Gasteiger partial charge in [0.2, 0.25) is 5.95 Å². The SMILES string of the molecule is CNc1nc(N2CCN(C)CC2)nc2ccccc12. The summed E-state index contributed by atoms with van der Waals surface area (Å²) in [5.41, 5.74) is 0.996. The predicted molar refractivity (Wildman–Crippen MR) is 78.8 cm³/mol. The van der Waals surface area contributed by atoms with Crippen molar-refractivity contribution in [3.63, 3.8) is 0 Å². The van der Waals surface area contributed by atoms with Crippen LogP contribution in [0.1, 0.15) is 0 Å². The summed E-state index contributed by atoms with van der Waals surface area (Å²) in [6, 6.07) is 8.12. The molecule has 19 heavy (non-hydrogen) atoms. The van der Waals surface area contributed by atoms with E-state index in [1.165, 1.54) is 0 Å². The van der Waals surface area contributed by atoms with Crippen LogP contribution >= 0.6 is 0 Å². The molecule has 0 unspecified atom stereocenters. The lowest BCUT2D eigenvalue weighted by molar-refractivity contribution is 0.311. The van der Waals surface area contributed by atoms with Crippen LogP contribution in [0.3, 0.4) is 0 Å². The molecule has 5 nitrogen and oxygen atoms in total. The average molecular weight is 257 g/mol. The van der Waals surface area contributed by atoms with Gasteiger partial charge in [-0.2, -0.15) is 4.98 Å². The first kappa shape index (κ1) is 12.2. The molecule has 100 valence electrons. The summed E-state index contributed by atoms with van der Waals surface area (Å²) in [7, 11) is 4.06. The molecule has 1 N–H and O–H groups in total. The Hall–Kier alpha value is -1.88. The van der Waals surface area contributed by atoms with E-state index in [9.17, 15) is 0 Å². The van der Waals surface area contributed by atoms with Crippen LogP contribution in [0.15, 0.2) is 24.3 Å². The first-order chi connectivity index (χ1) is 9.28. The number of nitrogens with one attached hydrogen (secondary N) is 1. The van der Waals surface area contributed by atoms with E-state index in [1.54, 1.807) is 0 Å². The number of likely N-dealkylation sites (N-methyl/N-ethyl adjacent to an activating group) is 1. The number of anilines is 2. The Kier molecular flexibility index (Phi) is 3.21. The third-order valence-electron chi connectivity index (χ3n) is 3.61. The van der Waals surface area contributed by atoms with Gasteiger partial charge in [-0.15, -0.1) is 0 Å². The second-order valence-corrected chi connectivity index (χ2v) is 4.93. The molecule has 5 heteroatoms. The standard InChI is InChI=1S/C14H19N5/c1-15-13-11-5-3-4-6-12(11)16-14(17-13)19-9-7-18(2)8-10-19/h3-6H,7-10H2,1-2H3,(H,15,16,17). The van der Waals surface area contributed by atoms with Crippen LogP contribution < -0.4 is 10.2 Å². The number of benzene rings is 1. The van der Waals surface area contributed by atoms with Gasteiger partial charge in [0.1, 0.15) is 5.82 Å². The fourth-order valence-electron chi connectivity index (χ4n) is 2.40. The molecule has 0 bridgehead atoms. The normalized spacial score (nSPS) is 16.8. The maximum atomic E-state index is 4.69. The third-order valence-corrected chi connectivity index (χ3v) is 3.61. The Bertz CT molecular complexity index is 575. The van der Waals surface area contributed by atoms with Gasteiger partial charge in [0.25, 0.3) is 0 Å². The second kappa shape index (κ2) is 5.01. The molecule has 0 radical (unpaired) electrons. The van der Waals surface area contributed by atoms with Crippen molar-refractivity contribution < 1.29 is 0 Å². The van der Waals surface area contributed by atoms with Crippen molar-refractivity contribution in [2.24, 2.45) is 0 Å².